The molecule has 0 aliphatic heterocycles. The van der Waals surface area contributed by atoms with Gasteiger partial charge in [-0.25, -0.2) is 9.59 Å². The third-order valence-electron chi connectivity index (χ3n) is 8.70. The van der Waals surface area contributed by atoms with Crippen molar-refractivity contribution in [2.24, 2.45) is 0 Å². The Hall–Kier alpha value is -6.02. The highest BCUT2D eigenvalue weighted by Gasteiger charge is 2.26. The van der Waals surface area contributed by atoms with Gasteiger partial charge in [-0.3, -0.25) is 4.79 Å². The van der Waals surface area contributed by atoms with Gasteiger partial charge in [0.05, 0.1) is 11.1 Å². The maximum atomic E-state index is 13.8. The second-order valence-electron chi connectivity index (χ2n) is 11.7. The first-order chi connectivity index (χ1) is 22.1. The number of fused-ring (bicyclic) bond motifs is 2. The molecule has 0 aliphatic rings. The van der Waals surface area contributed by atoms with Crippen LogP contribution in [0.5, 0.6) is 0 Å². The first kappa shape index (κ1) is 28.7. The summed E-state index contributed by atoms with van der Waals surface area (Å²) in [5, 5.41) is 27.8. The monoisotopic (exact) mass is 603 g/mol. The van der Waals surface area contributed by atoms with Crippen molar-refractivity contribution in [1.82, 2.24) is 0 Å². The van der Waals surface area contributed by atoms with Gasteiger partial charge < -0.3 is 20.3 Å². The van der Waals surface area contributed by atoms with E-state index in [2.05, 4.69) is 5.32 Å². The van der Waals surface area contributed by atoms with E-state index in [1.165, 1.54) is 12.1 Å². The summed E-state index contributed by atoms with van der Waals surface area (Å²) in [6.45, 7) is 3.91. The number of nitrogens with one attached hydrogen (secondary N) is 1. The molecule has 7 aromatic rings. The van der Waals surface area contributed by atoms with E-state index in [1.54, 1.807) is 48.5 Å². The summed E-state index contributed by atoms with van der Waals surface area (Å²) in [4.78, 5) is 52.5. The number of amides is 1. The standard InChI is InChI=1S/C38H26BNO6/c1-19-3-7-21(8-4-19)39-35(41)27-15-11-23-26-14-18-30(38(45)46)34-28(36(42)40-22-9-5-20(2)6-10-22)16-12-24(32(26)34)25-13-17-29(37(43)44)33(27)31(23)25/h3-18,39H,1-2H3,(H,40,42)(H,43,44)(H,45,46). The molecule has 0 aromatic heterocycles. The van der Waals surface area contributed by atoms with Crippen molar-refractivity contribution in [1.29, 1.82) is 0 Å². The van der Waals surface area contributed by atoms with Gasteiger partial charge in [0, 0.05) is 27.6 Å². The molecular formula is C38H26BNO6. The molecule has 7 nitrogen and oxygen atoms in total. The Balaban J connectivity index is 1.51. The maximum absolute atomic E-state index is 13.8. The summed E-state index contributed by atoms with van der Waals surface area (Å²) in [6.07, 6.45) is 0. The summed E-state index contributed by atoms with van der Waals surface area (Å²) in [6, 6.07) is 28.1. The van der Waals surface area contributed by atoms with E-state index in [0.717, 1.165) is 16.6 Å². The Labute approximate surface area is 263 Å². The van der Waals surface area contributed by atoms with Crippen molar-refractivity contribution in [3.8, 4) is 0 Å². The smallest absolute Gasteiger partial charge is 0.336 e. The largest absolute Gasteiger partial charge is 0.478 e. The highest BCUT2D eigenvalue weighted by molar-refractivity contribution is 6.87. The summed E-state index contributed by atoms with van der Waals surface area (Å²) < 4.78 is 0. The Morgan fingerprint density at radius 1 is 0.500 bits per heavy atom. The first-order valence-corrected chi connectivity index (χ1v) is 14.8. The normalized spacial score (nSPS) is 11.3. The lowest BCUT2D eigenvalue weighted by molar-refractivity contribution is 0.0688. The summed E-state index contributed by atoms with van der Waals surface area (Å²) in [5.41, 5.74) is 3.76. The van der Waals surface area contributed by atoms with Crippen molar-refractivity contribution >= 4 is 85.0 Å². The fourth-order valence-corrected chi connectivity index (χ4v) is 6.49. The zero-order valence-corrected chi connectivity index (χ0v) is 25.0. The predicted molar refractivity (Wildman–Crippen MR) is 183 cm³/mol. The second-order valence-corrected chi connectivity index (χ2v) is 11.7. The van der Waals surface area contributed by atoms with Crippen molar-refractivity contribution < 1.29 is 29.4 Å². The zero-order chi connectivity index (χ0) is 32.3. The van der Waals surface area contributed by atoms with E-state index in [4.69, 9.17) is 0 Å². The first-order valence-electron chi connectivity index (χ1n) is 14.8. The maximum Gasteiger partial charge on any atom is 0.336 e. The molecule has 1 amide bonds. The van der Waals surface area contributed by atoms with Crippen molar-refractivity contribution in [3.05, 3.63) is 130 Å². The topological polar surface area (TPSA) is 121 Å². The van der Waals surface area contributed by atoms with Crippen LogP contribution in [0.15, 0.2) is 97.1 Å². The molecule has 7 rings (SSSR count). The van der Waals surface area contributed by atoms with Gasteiger partial charge in [-0.15, -0.1) is 0 Å². The number of hydrogen-bond acceptors (Lipinski definition) is 4. The number of carbonyl (C=O) groups excluding carboxylic acids is 2. The SMILES string of the molecule is Cc1ccc(BC(=O)c2ccc3c4ccc(C(=O)O)c5c(C(=O)Nc6ccc(C)cc6)ccc(c6ccc(C(=O)O)c2c36)c54)cc1. The van der Waals surface area contributed by atoms with Gasteiger partial charge in [0.1, 0.15) is 5.68 Å². The lowest BCUT2D eigenvalue weighted by atomic mass is 9.63. The van der Waals surface area contributed by atoms with E-state index < -0.39 is 17.8 Å². The minimum atomic E-state index is -1.18. The number of hydrogen-bond donors (Lipinski definition) is 3. The van der Waals surface area contributed by atoms with Gasteiger partial charge in [0.15, 0.2) is 0 Å². The molecule has 222 valence electrons. The van der Waals surface area contributed by atoms with Crippen molar-refractivity contribution in [3.63, 3.8) is 0 Å². The van der Waals surface area contributed by atoms with E-state index in [-0.39, 0.29) is 35.0 Å². The van der Waals surface area contributed by atoms with Crippen LogP contribution in [-0.2, 0) is 0 Å². The van der Waals surface area contributed by atoms with Crippen LogP contribution < -0.4 is 10.8 Å². The molecule has 0 heterocycles. The molecule has 46 heavy (non-hydrogen) atoms. The Morgan fingerprint density at radius 3 is 1.39 bits per heavy atom. The number of anilines is 1. The van der Waals surface area contributed by atoms with E-state index in [0.29, 0.717) is 49.0 Å². The molecular weight excluding hydrogens is 577 g/mol. The number of rotatable bonds is 7. The van der Waals surface area contributed by atoms with Gasteiger partial charge in [0.25, 0.3) is 5.91 Å². The minimum absolute atomic E-state index is 0.00352. The van der Waals surface area contributed by atoms with Gasteiger partial charge in [-0.2, -0.15) is 0 Å². The molecule has 0 atom stereocenters. The van der Waals surface area contributed by atoms with Crippen molar-refractivity contribution in [2.45, 2.75) is 13.8 Å². The van der Waals surface area contributed by atoms with Crippen LogP contribution in [-0.4, -0.2) is 41.0 Å². The van der Waals surface area contributed by atoms with Crippen LogP contribution >= 0.6 is 0 Å². The quantitative estimate of drug-likeness (QED) is 0.104. The number of carboxylic acid groups (broad SMARTS) is 2. The lowest BCUT2D eigenvalue weighted by Gasteiger charge is -2.20. The molecule has 0 saturated heterocycles. The molecule has 0 saturated carbocycles. The minimum Gasteiger partial charge on any atom is -0.478 e. The van der Waals surface area contributed by atoms with Crippen LogP contribution in [0, 0.1) is 13.8 Å². The zero-order valence-electron chi connectivity index (χ0n) is 25.0. The highest BCUT2D eigenvalue weighted by atomic mass is 16.4. The Bertz CT molecular complexity index is 2220. The summed E-state index contributed by atoms with van der Waals surface area (Å²) in [5.74, 6) is -2.79. The molecule has 0 unspecified atom stereocenters. The van der Waals surface area contributed by atoms with Crippen LogP contribution in [0.3, 0.4) is 0 Å². The fraction of sp³-hybridized carbons (Fsp3) is 0.0526. The second kappa shape index (κ2) is 10.9. The van der Waals surface area contributed by atoms with E-state index >= 15 is 0 Å². The molecule has 0 radical (unpaired) electrons. The lowest BCUT2D eigenvalue weighted by Crippen LogP contribution is -2.24. The van der Waals surface area contributed by atoms with Gasteiger partial charge >= 0.3 is 11.9 Å². The van der Waals surface area contributed by atoms with Gasteiger partial charge in [-0.05, 0) is 76.5 Å². The average molecular weight is 603 g/mol. The third kappa shape index (κ3) is 4.63. The Morgan fingerprint density at radius 2 is 0.913 bits per heavy atom. The summed E-state index contributed by atoms with van der Waals surface area (Å²) >= 11 is 0. The third-order valence-corrected chi connectivity index (χ3v) is 8.70. The highest BCUT2D eigenvalue weighted by Crippen LogP contribution is 2.44. The fourth-order valence-electron chi connectivity index (χ4n) is 6.49. The van der Waals surface area contributed by atoms with Crippen LogP contribution in [0.2, 0.25) is 0 Å². The molecule has 3 N–H and O–H groups in total. The van der Waals surface area contributed by atoms with Gasteiger partial charge in [0.2, 0.25) is 7.28 Å². The number of carbonyl (C=O) groups is 4. The number of carboxylic acids is 2. The molecule has 0 fully saturated rings. The average Bonchev–Trinajstić information content (AvgIpc) is 3.04. The summed E-state index contributed by atoms with van der Waals surface area (Å²) in [7, 11) is 0.103. The molecule has 8 heteroatoms. The van der Waals surface area contributed by atoms with Crippen LogP contribution in [0.4, 0.5) is 5.69 Å². The number of aryl methyl sites for hydroxylation is 2. The number of aromatic carboxylic acids is 2. The van der Waals surface area contributed by atoms with Crippen molar-refractivity contribution in [2.75, 3.05) is 5.32 Å². The molecule has 0 bridgehead atoms. The van der Waals surface area contributed by atoms with Crippen LogP contribution in [0.1, 0.15) is 52.6 Å². The van der Waals surface area contributed by atoms with Crippen LogP contribution in [0.25, 0.3) is 43.1 Å². The molecule has 7 aromatic carbocycles. The van der Waals surface area contributed by atoms with Gasteiger partial charge in [-0.1, -0.05) is 83.3 Å². The molecule has 0 aliphatic carbocycles. The molecule has 0 spiro atoms. The van der Waals surface area contributed by atoms with E-state index in [1.807, 2.05) is 50.2 Å². The predicted octanol–water partition coefficient (Wildman–Crippen LogP) is 6.90. The van der Waals surface area contributed by atoms with E-state index in [9.17, 15) is 29.4 Å². The number of benzene rings is 7. The Kier molecular flexibility index (Phi) is 6.78.